The standard InChI is InChI=1S/C12H14ClNO4/c1-6(15)4-9(16)10-7(13)5-8(14)11(17-2)12(10)18-3/h5H,4,14H2,1-3H3. The van der Waals surface area contributed by atoms with Crippen molar-refractivity contribution in [2.45, 2.75) is 13.3 Å². The van der Waals surface area contributed by atoms with Gasteiger partial charge in [0.05, 0.1) is 36.9 Å². The molecule has 0 aromatic heterocycles. The van der Waals surface area contributed by atoms with Crippen LogP contribution in [-0.2, 0) is 4.79 Å². The van der Waals surface area contributed by atoms with Gasteiger partial charge in [0.2, 0.25) is 0 Å². The number of hydrogen-bond acceptors (Lipinski definition) is 5. The van der Waals surface area contributed by atoms with E-state index in [4.69, 9.17) is 26.8 Å². The number of Topliss-reactive ketones (excluding diaryl/α,β-unsaturated/α-hetero) is 2. The van der Waals surface area contributed by atoms with Crippen LogP contribution in [0.25, 0.3) is 0 Å². The van der Waals surface area contributed by atoms with E-state index in [1.807, 2.05) is 0 Å². The Morgan fingerprint density at radius 3 is 2.28 bits per heavy atom. The Morgan fingerprint density at radius 1 is 1.28 bits per heavy atom. The van der Waals surface area contributed by atoms with E-state index in [-0.39, 0.29) is 40.0 Å². The number of rotatable bonds is 5. The topological polar surface area (TPSA) is 78.6 Å². The van der Waals surface area contributed by atoms with Gasteiger partial charge in [0.1, 0.15) is 5.78 Å². The summed E-state index contributed by atoms with van der Waals surface area (Å²) in [6, 6.07) is 1.40. The van der Waals surface area contributed by atoms with Gasteiger partial charge in [0, 0.05) is 0 Å². The number of benzene rings is 1. The van der Waals surface area contributed by atoms with Gasteiger partial charge in [-0.2, -0.15) is 0 Å². The van der Waals surface area contributed by atoms with Crippen LogP contribution < -0.4 is 15.2 Å². The minimum atomic E-state index is -0.428. The monoisotopic (exact) mass is 271 g/mol. The maximum atomic E-state index is 12.0. The molecule has 0 fully saturated rings. The normalized spacial score (nSPS) is 10.0. The average Bonchev–Trinajstić information content (AvgIpc) is 2.26. The van der Waals surface area contributed by atoms with Crippen LogP contribution in [0.15, 0.2) is 6.07 Å². The third-order valence-electron chi connectivity index (χ3n) is 2.31. The lowest BCUT2D eigenvalue weighted by Crippen LogP contribution is -2.09. The van der Waals surface area contributed by atoms with Crippen molar-refractivity contribution in [3.8, 4) is 11.5 Å². The molecule has 5 nitrogen and oxygen atoms in total. The number of halogens is 1. The first-order chi connectivity index (χ1) is 8.42. The molecule has 0 amide bonds. The zero-order valence-corrected chi connectivity index (χ0v) is 11.1. The lowest BCUT2D eigenvalue weighted by atomic mass is 10.0. The lowest BCUT2D eigenvalue weighted by Gasteiger charge is -2.15. The number of ether oxygens (including phenoxy) is 2. The van der Waals surface area contributed by atoms with Crippen LogP contribution in [0.3, 0.4) is 0 Å². The molecular formula is C12H14ClNO4. The fourth-order valence-corrected chi connectivity index (χ4v) is 1.92. The third-order valence-corrected chi connectivity index (χ3v) is 2.61. The number of anilines is 1. The van der Waals surface area contributed by atoms with Gasteiger partial charge in [-0.25, -0.2) is 0 Å². The highest BCUT2D eigenvalue weighted by Gasteiger charge is 2.23. The second-order valence-electron chi connectivity index (χ2n) is 3.69. The molecule has 2 N–H and O–H groups in total. The molecule has 1 aromatic rings. The number of nitrogens with two attached hydrogens (primary N) is 1. The summed E-state index contributed by atoms with van der Waals surface area (Å²) in [6.07, 6.45) is -0.247. The maximum Gasteiger partial charge on any atom is 0.184 e. The molecule has 0 radical (unpaired) electrons. The highest BCUT2D eigenvalue weighted by Crippen LogP contribution is 2.41. The van der Waals surface area contributed by atoms with Crippen molar-refractivity contribution in [1.82, 2.24) is 0 Å². The molecule has 18 heavy (non-hydrogen) atoms. The van der Waals surface area contributed by atoms with E-state index >= 15 is 0 Å². The zero-order valence-electron chi connectivity index (χ0n) is 10.4. The molecule has 0 unspecified atom stereocenters. The molecule has 0 aliphatic heterocycles. The van der Waals surface area contributed by atoms with E-state index < -0.39 is 5.78 Å². The summed E-state index contributed by atoms with van der Waals surface area (Å²) in [4.78, 5) is 23.0. The van der Waals surface area contributed by atoms with E-state index in [1.54, 1.807) is 0 Å². The van der Waals surface area contributed by atoms with Gasteiger partial charge < -0.3 is 15.2 Å². The second kappa shape index (κ2) is 5.73. The highest BCUT2D eigenvalue weighted by molar-refractivity contribution is 6.35. The first kappa shape index (κ1) is 14.3. The average molecular weight is 272 g/mol. The summed E-state index contributed by atoms with van der Waals surface area (Å²) in [7, 11) is 2.78. The quantitative estimate of drug-likeness (QED) is 0.504. The Balaban J connectivity index is 3.42. The first-order valence-electron chi connectivity index (χ1n) is 5.15. The van der Waals surface area contributed by atoms with Gasteiger partial charge in [-0.3, -0.25) is 9.59 Å². The van der Waals surface area contributed by atoms with Gasteiger partial charge in [-0.05, 0) is 13.0 Å². The van der Waals surface area contributed by atoms with Gasteiger partial charge in [-0.15, -0.1) is 0 Å². The predicted molar refractivity (Wildman–Crippen MR) is 68.6 cm³/mol. The number of hydrogen-bond donors (Lipinski definition) is 1. The van der Waals surface area contributed by atoms with E-state index in [1.165, 1.54) is 27.2 Å². The highest BCUT2D eigenvalue weighted by atomic mass is 35.5. The zero-order chi connectivity index (χ0) is 13.9. The molecule has 1 aromatic carbocycles. The van der Waals surface area contributed by atoms with Gasteiger partial charge >= 0.3 is 0 Å². The van der Waals surface area contributed by atoms with Crippen LogP contribution >= 0.6 is 11.6 Å². The molecule has 0 spiro atoms. The minimum absolute atomic E-state index is 0.111. The molecule has 98 valence electrons. The van der Waals surface area contributed by atoms with Crippen molar-refractivity contribution in [1.29, 1.82) is 0 Å². The van der Waals surface area contributed by atoms with E-state index in [0.29, 0.717) is 0 Å². The largest absolute Gasteiger partial charge is 0.492 e. The van der Waals surface area contributed by atoms with Crippen LogP contribution in [0.1, 0.15) is 23.7 Å². The van der Waals surface area contributed by atoms with Crippen LogP contribution in [0, 0.1) is 0 Å². The van der Waals surface area contributed by atoms with E-state index in [2.05, 4.69) is 0 Å². The van der Waals surface area contributed by atoms with Crippen LogP contribution in [0.2, 0.25) is 5.02 Å². The summed E-state index contributed by atoms with van der Waals surface area (Å²) in [5, 5.41) is 0.136. The van der Waals surface area contributed by atoms with Gasteiger partial charge in [0.25, 0.3) is 0 Å². The summed E-state index contributed by atoms with van der Waals surface area (Å²) in [5.74, 6) is -0.306. The number of nitrogen functional groups attached to an aromatic ring is 1. The Labute approximate surface area is 110 Å². The minimum Gasteiger partial charge on any atom is -0.492 e. The molecule has 0 aliphatic carbocycles. The summed E-state index contributed by atoms with van der Waals surface area (Å²) < 4.78 is 10.2. The molecule has 0 saturated carbocycles. The molecule has 6 heteroatoms. The number of ketones is 2. The summed E-state index contributed by atoms with van der Waals surface area (Å²) in [5.41, 5.74) is 6.09. The van der Waals surface area contributed by atoms with Crippen molar-refractivity contribution < 1.29 is 19.1 Å². The van der Waals surface area contributed by atoms with Crippen molar-refractivity contribution in [3.63, 3.8) is 0 Å². The lowest BCUT2D eigenvalue weighted by molar-refractivity contribution is -0.116. The van der Waals surface area contributed by atoms with Crippen molar-refractivity contribution >= 4 is 28.9 Å². The van der Waals surface area contributed by atoms with Crippen molar-refractivity contribution in [2.75, 3.05) is 20.0 Å². The number of methoxy groups -OCH3 is 2. The van der Waals surface area contributed by atoms with E-state index in [0.717, 1.165) is 0 Å². The smallest absolute Gasteiger partial charge is 0.184 e. The number of carbonyl (C=O) groups excluding carboxylic acids is 2. The number of carbonyl (C=O) groups is 2. The molecule has 1 rings (SSSR count). The Morgan fingerprint density at radius 2 is 1.83 bits per heavy atom. The Bertz CT molecular complexity index is 499. The third kappa shape index (κ3) is 2.73. The molecule has 0 atom stereocenters. The van der Waals surface area contributed by atoms with E-state index in [9.17, 15) is 9.59 Å². The first-order valence-corrected chi connectivity index (χ1v) is 5.52. The fourth-order valence-electron chi connectivity index (χ4n) is 1.61. The maximum absolute atomic E-state index is 12.0. The summed E-state index contributed by atoms with van der Waals surface area (Å²) >= 11 is 5.97. The van der Waals surface area contributed by atoms with Gasteiger partial charge in [0.15, 0.2) is 17.3 Å². The fraction of sp³-hybridized carbons (Fsp3) is 0.333. The van der Waals surface area contributed by atoms with Crippen molar-refractivity contribution in [3.05, 3.63) is 16.7 Å². The molecule has 0 aliphatic rings. The SMILES string of the molecule is COc1c(N)cc(Cl)c(C(=O)CC(C)=O)c1OC. The molecule has 0 bridgehead atoms. The molecule has 0 heterocycles. The Kier molecular flexibility index (Phi) is 4.55. The molecular weight excluding hydrogens is 258 g/mol. The summed E-state index contributed by atoms with van der Waals surface area (Å²) in [6.45, 7) is 1.33. The Hall–Kier alpha value is -1.75. The van der Waals surface area contributed by atoms with Crippen LogP contribution in [0.4, 0.5) is 5.69 Å². The van der Waals surface area contributed by atoms with Crippen LogP contribution in [-0.4, -0.2) is 25.8 Å². The van der Waals surface area contributed by atoms with Crippen molar-refractivity contribution in [2.24, 2.45) is 0 Å². The van der Waals surface area contributed by atoms with Gasteiger partial charge in [-0.1, -0.05) is 11.6 Å². The predicted octanol–water partition coefficient (Wildman–Crippen LogP) is 2.10. The second-order valence-corrected chi connectivity index (χ2v) is 4.10. The van der Waals surface area contributed by atoms with Crippen LogP contribution in [0.5, 0.6) is 11.5 Å². The molecule has 0 saturated heterocycles.